The fourth-order valence-corrected chi connectivity index (χ4v) is 2.30. The van der Waals surface area contributed by atoms with Gasteiger partial charge in [-0.15, -0.1) is 0 Å². The second-order valence-corrected chi connectivity index (χ2v) is 4.74. The van der Waals surface area contributed by atoms with E-state index in [1.54, 1.807) is 0 Å². The minimum atomic E-state index is -0.217. The first-order chi connectivity index (χ1) is 6.50. The lowest BCUT2D eigenvalue weighted by Crippen LogP contribution is -2.30. The van der Waals surface area contributed by atoms with Gasteiger partial charge in [0.2, 0.25) is 0 Å². The lowest BCUT2D eigenvalue weighted by molar-refractivity contribution is -0.139. The van der Waals surface area contributed by atoms with Crippen molar-refractivity contribution in [3.05, 3.63) is 24.0 Å². The van der Waals surface area contributed by atoms with Crippen molar-refractivity contribution in [2.24, 2.45) is 17.3 Å². The Kier molecular flexibility index (Phi) is 2.02. The van der Waals surface area contributed by atoms with Crippen molar-refractivity contribution in [3.8, 4) is 0 Å². The summed E-state index contributed by atoms with van der Waals surface area (Å²) in [5.41, 5.74) is -0.0326. The molecule has 0 saturated heterocycles. The number of ether oxygens (including phenoxy) is 1. The summed E-state index contributed by atoms with van der Waals surface area (Å²) < 4.78 is 5.27. The molecule has 0 aromatic heterocycles. The van der Waals surface area contributed by atoms with Gasteiger partial charge >= 0.3 is 5.97 Å². The van der Waals surface area contributed by atoms with Crippen LogP contribution in [0.25, 0.3) is 0 Å². The summed E-state index contributed by atoms with van der Waals surface area (Å²) in [5, 5.41) is 0. The molecular weight excluding hydrogens is 176 g/mol. The Morgan fingerprint density at radius 3 is 2.86 bits per heavy atom. The first-order valence-corrected chi connectivity index (χ1v) is 5.09. The van der Waals surface area contributed by atoms with Crippen molar-refractivity contribution in [3.63, 3.8) is 0 Å². The fourth-order valence-electron chi connectivity index (χ4n) is 2.30. The normalized spacial score (nSPS) is 32.6. The molecule has 0 aromatic carbocycles. The van der Waals surface area contributed by atoms with Crippen LogP contribution in [0.1, 0.15) is 27.2 Å². The van der Waals surface area contributed by atoms with Crippen molar-refractivity contribution in [1.82, 2.24) is 0 Å². The first-order valence-electron chi connectivity index (χ1n) is 5.09. The molecule has 2 rings (SSSR count). The van der Waals surface area contributed by atoms with Crippen LogP contribution < -0.4 is 0 Å². The van der Waals surface area contributed by atoms with Gasteiger partial charge in [0.15, 0.2) is 0 Å². The van der Waals surface area contributed by atoms with E-state index in [2.05, 4.69) is 32.1 Å². The molecule has 0 N–H and O–H groups in total. The Morgan fingerprint density at radius 1 is 1.50 bits per heavy atom. The molecule has 0 saturated carbocycles. The summed E-state index contributed by atoms with van der Waals surface area (Å²) in [5.74, 6) is 1.62. The van der Waals surface area contributed by atoms with Crippen LogP contribution in [0, 0.1) is 17.3 Å². The monoisotopic (exact) mass is 192 g/mol. The molecular formula is C12H16O2. The maximum atomic E-state index is 11.0. The summed E-state index contributed by atoms with van der Waals surface area (Å²) >= 11 is 0. The van der Waals surface area contributed by atoms with Crippen molar-refractivity contribution in [2.75, 3.05) is 0 Å². The van der Waals surface area contributed by atoms with Gasteiger partial charge < -0.3 is 4.74 Å². The molecule has 2 nitrogen and oxygen atoms in total. The molecule has 0 aromatic rings. The van der Waals surface area contributed by atoms with Crippen LogP contribution in [0.3, 0.4) is 0 Å². The predicted octanol–water partition coefficient (Wildman–Crippen LogP) is 2.67. The molecule has 2 aliphatic rings. The standard InChI is InChI=1S/C12H16O2/c1-8(13)14-11-7-9-4-5-10(6-9)12(11,2)3/h4-5,7,9-10H,6H2,1-3H3/t9-,10+/m0/s1. The zero-order chi connectivity index (χ0) is 10.3. The van der Waals surface area contributed by atoms with E-state index < -0.39 is 0 Å². The smallest absolute Gasteiger partial charge is 0.307 e. The van der Waals surface area contributed by atoms with Gasteiger partial charge in [-0.05, 0) is 24.3 Å². The Hall–Kier alpha value is -1.05. The average Bonchev–Trinajstić information content (AvgIpc) is 2.46. The fraction of sp³-hybridized carbons (Fsp3) is 0.583. The lowest BCUT2D eigenvalue weighted by atomic mass is 9.72. The van der Waals surface area contributed by atoms with E-state index in [1.807, 2.05) is 0 Å². The maximum absolute atomic E-state index is 11.0. The van der Waals surface area contributed by atoms with E-state index in [1.165, 1.54) is 6.92 Å². The van der Waals surface area contributed by atoms with Crippen LogP contribution in [0.5, 0.6) is 0 Å². The topological polar surface area (TPSA) is 26.3 Å². The Morgan fingerprint density at radius 2 is 2.21 bits per heavy atom. The molecule has 0 aliphatic heterocycles. The van der Waals surface area contributed by atoms with E-state index in [4.69, 9.17) is 4.74 Å². The van der Waals surface area contributed by atoms with Crippen molar-refractivity contribution in [2.45, 2.75) is 27.2 Å². The van der Waals surface area contributed by atoms with Gasteiger partial charge in [0.25, 0.3) is 0 Å². The highest BCUT2D eigenvalue weighted by atomic mass is 16.5. The molecule has 2 aliphatic carbocycles. The number of fused-ring (bicyclic) bond motifs is 2. The second-order valence-electron chi connectivity index (χ2n) is 4.74. The van der Waals surface area contributed by atoms with Gasteiger partial charge in [-0.25, -0.2) is 0 Å². The summed E-state index contributed by atoms with van der Waals surface area (Å²) in [6.45, 7) is 5.73. The predicted molar refractivity (Wildman–Crippen MR) is 54.4 cm³/mol. The number of hydrogen-bond donors (Lipinski definition) is 0. The average molecular weight is 192 g/mol. The molecule has 0 amide bonds. The Balaban J connectivity index is 2.28. The Bertz CT molecular complexity index is 323. The highest BCUT2D eigenvalue weighted by molar-refractivity contribution is 5.67. The summed E-state index contributed by atoms with van der Waals surface area (Å²) in [6, 6.07) is 0. The maximum Gasteiger partial charge on any atom is 0.307 e. The highest BCUT2D eigenvalue weighted by Gasteiger charge is 2.41. The summed E-state index contributed by atoms with van der Waals surface area (Å²) in [4.78, 5) is 11.0. The number of esters is 1. The lowest BCUT2D eigenvalue weighted by Gasteiger charge is -2.36. The SMILES string of the molecule is CC(=O)OC1=C[C@H]2C=C[C@H](C2)C1(C)C. The molecule has 14 heavy (non-hydrogen) atoms. The largest absolute Gasteiger partial charge is 0.431 e. The molecule has 0 radical (unpaired) electrons. The van der Waals surface area contributed by atoms with E-state index in [-0.39, 0.29) is 11.4 Å². The molecule has 2 bridgehead atoms. The molecule has 0 fully saturated rings. The van der Waals surface area contributed by atoms with Crippen molar-refractivity contribution in [1.29, 1.82) is 0 Å². The zero-order valence-electron chi connectivity index (χ0n) is 8.91. The summed E-state index contributed by atoms with van der Waals surface area (Å²) in [6.07, 6.45) is 7.71. The number of rotatable bonds is 1. The second kappa shape index (κ2) is 2.97. The van der Waals surface area contributed by atoms with E-state index in [9.17, 15) is 4.79 Å². The number of carbonyl (C=O) groups is 1. The third-order valence-electron chi connectivity index (χ3n) is 3.30. The summed E-state index contributed by atoms with van der Waals surface area (Å²) in [7, 11) is 0. The number of carbonyl (C=O) groups excluding carboxylic acids is 1. The number of allylic oxidation sites excluding steroid dienone is 4. The van der Waals surface area contributed by atoms with Crippen LogP contribution >= 0.6 is 0 Å². The van der Waals surface area contributed by atoms with Gasteiger partial charge in [-0.3, -0.25) is 4.79 Å². The third-order valence-corrected chi connectivity index (χ3v) is 3.30. The zero-order valence-corrected chi connectivity index (χ0v) is 8.91. The number of hydrogen-bond acceptors (Lipinski definition) is 2. The van der Waals surface area contributed by atoms with Gasteiger partial charge in [0, 0.05) is 12.3 Å². The molecule has 0 unspecified atom stereocenters. The van der Waals surface area contributed by atoms with Gasteiger partial charge in [-0.2, -0.15) is 0 Å². The van der Waals surface area contributed by atoms with Crippen LogP contribution in [0.2, 0.25) is 0 Å². The molecule has 2 atom stereocenters. The van der Waals surface area contributed by atoms with Crippen molar-refractivity contribution >= 4 is 5.97 Å². The third kappa shape index (κ3) is 1.39. The van der Waals surface area contributed by atoms with Gasteiger partial charge in [-0.1, -0.05) is 26.0 Å². The molecule has 0 spiro atoms. The van der Waals surface area contributed by atoms with E-state index in [0.717, 1.165) is 12.2 Å². The van der Waals surface area contributed by atoms with Crippen molar-refractivity contribution < 1.29 is 9.53 Å². The Labute approximate surface area is 84.6 Å². The van der Waals surface area contributed by atoms with Crippen LogP contribution in [-0.4, -0.2) is 5.97 Å². The van der Waals surface area contributed by atoms with Crippen LogP contribution in [-0.2, 0) is 9.53 Å². The van der Waals surface area contributed by atoms with E-state index >= 15 is 0 Å². The molecule has 0 heterocycles. The highest BCUT2D eigenvalue weighted by Crippen LogP contribution is 2.48. The van der Waals surface area contributed by atoms with Crippen LogP contribution in [0.4, 0.5) is 0 Å². The minimum absolute atomic E-state index is 0.0326. The molecule has 2 heteroatoms. The quantitative estimate of drug-likeness (QED) is 0.471. The minimum Gasteiger partial charge on any atom is -0.431 e. The van der Waals surface area contributed by atoms with Gasteiger partial charge in [0.05, 0.1) is 0 Å². The van der Waals surface area contributed by atoms with Crippen LogP contribution in [0.15, 0.2) is 24.0 Å². The molecule has 76 valence electrons. The van der Waals surface area contributed by atoms with Gasteiger partial charge in [0.1, 0.15) is 5.76 Å². The first kappa shape index (κ1) is 9.50. The van der Waals surface area contributed by atoms with E-state index in [0.29, 0.717) is 11.8 Å².